The largest absolute Gasteiger partial charge is 0.273 e. The van der Waals surface area contributed by atoms with E-state index in [-0.39, 0.29) is 11.8 Å². The van der Waals surface area contributed by atoms with Gasteiger partial charge in [-0.1, -0.05) is 54.1 Å². The van der Waals surface area contributed by atoms with Crippen LogP contribution in [0.15, 0.2) is 78.9 Å². The van der Waals surface area contributed by atoms with E-state index >= 15 is 0 Å². The number of fused-ring (bicyclic) bond motifs is 1. The van der Waals surface area contributed by atoms with E-state index < -0.39 is 18.1 Å². The van der Waals surface area contributed by atoms with Gasteiger partial charge in [0.1, 0.15) is 5.92 Å². The molecule has 0 aromatic heterocycles. The average molecular weight is 419 g/mol. The van der Waals surface area contributed by atoms with Crippen LogP contribution >= 0.6 is 11.6 Å². The summed E-state index contributed by atoms with van der Waals surface area (Å²) in [5, 5.41) is 2.27. The van der Waals surface area contributed by atoms with Crippen LogP contribution in [0.3, 0.4) is 0 Å². The molecule has 3 aromatic rings. The number of anilines is 2. The topological polar surface area (TPSA) is 49.9 Å². The number of amides is 2. The van der Waals surface area contributed by atoms with E-state index in [9.17, 15) is 9.59 Å². The molecular formula is C24H19ClN2O3. The lowest BCUT2D eigenvalue weighted by Crippen LogP contribution is -2.37. The van der Waals surface area contributed by atoms with Crippen molar-refractivity contribution in [2.24, 2.45) is 5.92 Å². The first-order chi connectivity index (χ1) is 14.5. The van der Waals surface area contributed by atoms with Crippen molar-refractivity contribution in [2.75, 3.05) is 9.96 Å². The average Bonchev–Trinajstić information content (AvgIpc) is 3.25. The Morgan fingerprint density at radius 3 is 2.27 bits per heavy atom. The second-order valence-electron chi connectivity index (χ2n) is 7.56. The lowest BCUT2D eigenvalue weighted by molar-refractivity contribution is -0.126. The van der Waals surface area contributed by atoms with Gasteiger partial charge in [-0.05, 0) is 54.4 Å². The maximum absolute atomic E-state index is 13.5. The molecule has 150 valence electrons. The van der Waals surface area contributed by atoms with Gasteiger partial charge in [-0.3, -0.25) is 14.4 Å². The number of rotatable bonds is 3. The van der Waals surface area contributed by atoms with Crippen LogP contribution in [0.4, 0.5) is 11.4 Å². The Morgan fingerprint density at radius 2 is 1.57 bits per heavy atom. The van der Waals surface area contributed by atoms with E-state index in [4.69, 9.17) is 16.4 Å². The number of carbonyl (C=O) groups is 2. The Morgan fingerprint density at radius 1 is 0.833 bits per heavy atom. The van der Waals surface area contributed by atoms with Crippen LogP contribution in [0.5, 0.6) is 0 Å². The highest BCUT2D eigenvalue weighted by Gasteiger charge is 2.60. The fourth-order valence-corrected chi connectivity index (χ4v) is 4.36. The summed E-state index contributed by atoms with van der Waals surface area (Å²) in [7, 11) is 0. The van der Waals surface area contributed by atoms with Gasteiger partial charge in [-0.2, -0.15) is 0 Å². The monoisotopic (exact) mass is 418 g/mol. The van der Waals surface area contributed by atoms with Gasteiger partial charge in [-0.25, -0.2) is 9.96 Å². The van der Waals surface area contributed by atoms with Gasteiger partial charge in [0.05, 0.1) is 17.4 Å². The summed E-state index contributed by atoms with van der Waals surface area (Å²) in [4.78, 5) is 34.1. The van der Waals surface area contributed by atoms with Gasteiger partial charge in [0, 0.05) is 5.02 Å². The number of halogens is 1. The normalized spacial score (nSPS) is 23.2. The minimum absolute atomic E-state index is 0.249. The Kier molecular flexibility index (Phi) is 4.57. The minimum Gasteiger partial charge on any atom is -0.273 e. The number of aryl methyl sites for hydroxylation is 1. The molecule has 30 heavy (non-hydrogen) atoms. The summed E-state index contributed by atoms with van der Waals surface area (Å²) in [6.45, 7) is 1.93. The molecule has 5 rings (SSSR count). The summed E-state index contributed by atoms with van der Waals surface area (Å²) < 4.78 is 0. The van der Waals surface area contributed by atoms with E-state index in [2.05, 4.69) is 0 Å². The third kappa shape index (κ3) is 2.98. The first-order valence-electron chi connectivity index (χ1n) is 9.75. The molecule has 2 heterocycles. The maximum Gasteiger partial charge on any atom is 0.266 e. The van der Waals surface area contributed by atoms with Crippen molar-refractivity contribution in [2.45, 2.75) is 19.1 Å². The summed E-state index contributed by atoms with van der Waals surface area (Å²) in [5.74, 6) is -1.23. The maximum atomic E-state index is 13.5. The number of carbonyl (C=O) groups excluding carboxylic acids is 2. The Labute approximate surface area is 179 Å². The molecule has 2 amide bonds. The molecule has 2 saturated heterocycles. The van der Waals surface area contributed by atoms with Crippen LogP contribution in [0.25, 0.3) is 0 Å². The molecule has 0 spiro atoms. The first-order valence-corrected chi connectivity index (χ1v) is 10.1. The van der Waals surface area contributed by atoms with Crippen LogP contribution in [0.1, 0.15) is 17.2 Å². The molecule has 0 N–H and O–H groups in total. The lowest BCUT2D eigenvalue weighted by Gasteiger charge is -2.28. The number of hydrogen-bond acceptors (Lipinski definition) is 4. The molecule has 2 aliphatic rings. The van der Waals surface area contributed by atoms with Crippen molar-refractivity contribution >= 4 is 34.8 Å². The van der Waals surface area contributed by atoms with Gasteiger partial charge < -0.3 is 0 Å². The van der Waals surface area contributed by atoms with E-state index in [0.29, 0.717) is 10.7 Å². The predicted molar refractivity (Wildman–Crippen MR) is 115 cm³/mol. The molecule has 3 aromatic carbocycles. The third-order valence-corrected chi connectivity index (χ3v) is 5.85. The molecule has 0 bridgehead atoms. The molecule has 2 aliphatic heterocycles. The number of benzene rings is 3. The molecule has 0 saturated carbocycles. The number of hydrogen-bond donors (Lipinski definition) is 0. The predicted octanol–water partition coefficient (Wildman–Crippen LogP) is 4.70. The van der Waals surface area contributed by atoms with Crippen molar-refractivity contribution in [3.8, 4) is 0 Å². The van der Waals surface area contributed by atoms with Gasteiger partial charge >= 0.3 is 0 Å². The molecule has 3 unspecified atom stereocenters. The molecule has 0 aliphatic carbocycles. The summed E-state index contributed by atoms with van der Waals surface area (Å²) in [6.07, 6.45) is -0.876. The molecule has 6 heteroatoms. The number of hydroxylamine groups is 1. The van der Waals surface area contributed by atoms with Crippen molar-refractivity contribution in [3.63, 3.8) is 0 Å². The van der Waals surface area contributed by atoms with E-state index in [1.807, 2.05) is 67.6 Å². The van der Waals surface area contributed by atoms with Crippen LogP contribution in [0.2, 0.25) is 5.02 Å². The fraction of sp³-hybridized carbons (Fsp3) is 0.167. The second kappa shape index (κ2) is 7.27. The third-order valence-electron chi connectivity index (χ3n) is 5.60. The minimum atomic E-state index is -0.876. The quantitative estimate of drug-likeness (QED) is 0.578. The standard InChI is InChI=1S/C24H19ClN2O3/c1-15-6-5-9-19(14-15)26-23(28)20-21(16-7-3-2-4-8-16)27(30-22(20)24(26)29)18-12-10-17(25)11-13-18/h2-14,20-22H,1H3. The van der Waals surface area contributed by atoms with E-state index in [0.717, 1.165) is 16.8 Å². The van der Waals surface area contributed by atoms with Gasteiger partial charge in [-0.15, -0.1) is 0 Å². The molecule has 5 nitrogen and oxygen atoms in total. The highest BCUT2D eigenvalue weighted by molar-refractivity contribution is 6.30. The smallest absolute Gasteiger partial charge is 0.266 e. The first kappa shape index (κ1) is 18.9. The summed E-state index contributed by atoms with van der Waals surface area (Å²) >= 11 is 6.04. The second-order valence-corrected chi connectivity index (χ2v) is 8.00. The molecule has 2 fully saturated rings. The van der Waals surface area contributed by atoms with Gasteiger partial charge in [0.25, 0.3) is 5.91 Å². The van der Waals surface area contributed by atoms with E-state index in [1.165, 1.54) is 4.90 Å². The summed E-state index contributed by atoms with van der Waals surface area (Å²) in [6, 6.07) is 23.8. The highest BCUT2D eigenvalue weighted by Crippen LogP contribution is 2.47. The van der Waals surface area contributed by atoms with Crippen LogP contribution < -0.4 is 9.96 Å². The number of imide groups is 1. The zero-order valence-corrected chi connectivity index (χ0v) is 17.0. The van der Waals surface area contributed by atoms with Gasteiger partial charge in [0.15, 0.2) is 6.10 Å². The molecule has 3 atom stereocenters. The van der Waals surface area contributed by atoms with E-state index in [1.54, 1.807) is 23.3 Å². The van der Waals surface area contributed by atoms with Crippen LogP contribution in [-0.4, -0.2) is 17.9 Å². The van der Waals surface area contributed by atoms with Crippen LogP contribution in [-0.2, 0) is 14.4 Å². The Hall–Kier alpha value is -3.15. The van der Waals surface area contributed by atoms with Crippen molar-refractivity contribution < 1.29 is 14.4 Å². The van der Waals surface area contributed by atoms with Crippen molar-refractivity contribution in [3.05, 3.63) is 95.0 Å². The summed E-state index contributed by atoms with van der Waals surface area (Å²) in [5.41, 5.74) is 3.21. The van der Waals surface area contributed by atoms with Crippen molar-refractivity contribution in [1.29, 1.82) is 0 Å². The van der Waals surface area contributed by atoms with Crippen LogP contribution in [0, 0.1) is 12.8 Å². The zero-order chi connectivity index (χ0) is 20.8. The zero-order valence-electron chi connectivity index (χ0n) is 16.2. The Bertz CT molecular complexity index is 1120. The SMILES string of the molecule is Cc1cccc(N2C(=O)C3ON(c4ccc(Cl)cc4)C(c4ccccc4)C3C2=O)c1. The highest BCUT2D eigenvalue weighted by atomic mass is 35.5. The lowest BCUT2D eigenvalue weighted by atomic mass is 9.90. The molecular weight excluding hydrogens is 400 g/mol. The van der Waals surface area contributed by atoms with Gasteiger partial charge in [0.2, 0.25) is 5.91 Å². The van der Waals surface area contributed by atoms with Crippen molar-refractivity contribution in [1.82, 2.24) is 0 Å². The number of nitrogens with zero attached hydrogens (tertiary/aromatic N) is 2. The molecule has 0 radical (unpaired) electrons. The Balaban J connectivity index is 1.58. The fourth-order valence-electron chi connectivity index (χ4n) is 4.24.